The average molecular weight is 460 g/mol. The largest absolute Gasteiger partial charge is 0.373 e. The number of hydrogen-bond acceptors (Lipinski definition) is 5. The number of carbonyl (C=O) groups excluding carboxylic acids is 1. The Morgan fingerprint density at radius 2 is 1.72 bits per heavy atom. The summed E-state index contributed by atoms with van der Waals surface area (Å²) in [5, 5.41) is 2.91. The van der Waals surface area contributed by atoms with Gasteiger partial charge in [-0.15, -0.1) is 0 Å². The van der Waals surface area contributed by atoms with E-state index in [4.69, 9.17) is 4.74 Å². The van der Waals surface area contributed by atoms with Crippen LogP contribution in [0.5, 0.6) is 0 Å². The SMILES string of the molecule is CCN(C)Cc1cccc(CNC(=O)c2ccc(S(=O)(=O)N3C[C@@H](C)O[C@@H](C)C3)cc2)c1. The standard InChI is InChI=1S/C24H33N3O4S/c1-5-26(4)17-21-8-6-7-20(13-21)14-25-24(28)22-9-11-23(12-10-22)32(29,30)27-15-18(2)31-19(3)16-27/h6-13,18-19H,5,14-17H2,1-4H3,(H,25,28)/t18-,19+. The molecule has 1 N–H and O–H groups in total. The van der Waals surface area contributed by atoms with Gasteiger partial charge in [0.05, 0.1) is 17.1 Å². The lowest BCUT2D eigenvalue weighted by molar-refractivity contribution is -0.0440. The molecule has 0 aromatic heterocycles. The van der Waals surface area contributed by atoms with Crippen molar-refractivity contribution in [3.63, 3.8) is 0 Å². The lowest BCUT2D eigenvalue weighted by atomic mass is 10.1. The number of sulfonamides is 1. The van der Waals surface area contributed by atoms with Crippen molar-refractivity contribution in [2.45, 2.75) is 51.0 Å². The number of nitrogens with one attached hydrogen (secondary N) is 1. The van der Waals surface area contributed by atoms with Gasteiger partial charge in [0.1, 0.15) is 0 Å². The highest BCUT2D eigenvalue weighted by atomic mass is 32.2. The molecule has 0 radical (unpaired) electrons. The van der Waals surface area contributed by atoms with Gasteiger partial charge in [-0.3, -0.25) is 4.79 Å². The maximum atomic E-state index is 13.0. The first-order chi connectivity index (χ1) is 15.2. The molecule has 0 saturated carbocycles. The number of carbonyl (C=O) groups is 1. The molecular formula is C24H33N3O4S. The van der Waals surface area contributed by atoms with Crippen molar-refractivity contribution >= 4 is 15.9 Å². The number of hydrogen-bond donors (Lipinski definition) is 1. The first-order valence-corrected chi connectivity index (χ1v) is 12.4. The van der Waals surface area contributed by atoms with Crippen molar-refractivity contribution in [1.29, 1.82) is 0 Å². The molecule has 1 saturated heterocycles. The molecule has 1 amide bonds. The maximum absolute atomic E-state index is 13.0. The lowest BCUT2D eigenvalue weighted by Crippen LogP contribution is -2.48. The third-order valence-electron chi connectivity index (χ3n) is 5.58. The molecule has 0 spiro atoms. The summed E-state index contributed by atoms with van der Waals surface area (Å²) < 4.78 is 33.0. The van der Waals surface area contributed by atoms with Crippen LogP contribution in [0.2, 0.25) is 0 Å². The molecule has 32 heavy (non-hydrogen) atoms. The van der Waals surface area contributed by atoms with E-state index in [2.05, 4.69) is 36.3 Å². The Bertz CT molecular complexity index is 1010. The van der Waals surface area contributed by atoms with Crippen molar-refractivity contribution in [3.8, 4) is 0 Å². The van der Waals surface area contributed by atoms with Gasteiger partial charge in [0.15, 0.2) is 0 Å². The predicted octanol–water partition coefficient (Wildman–Crippen LogP) is 2.87. The summed E-state index contributed by atoms with van der Waals surface area (Å²) in [5.74, 6) is -0.237. The zero-order valence-corrected chi connectivity index (χ0v) is 20.1. The minimum absolute atomic E-state index is 0.153. The van der Waals surface area contributed by atoms with E-state index in [0.29, 0.717) is 25.2 Å². The second kappa shape index (κ2) is 10.6. The minimum Gasteiger partial charge on any atom is -0.373 e. The average Bonchev–Trinajstić information content (AvgIpc) is 2.77. The summed E-state index contributed by atoms with van der Waals surface area (Å²) in [6.45, 7) is 8.72. The third kappa shape index (κ3) is 6.16. The molecule has 7 nitrogen and oxygen atoms in total. The van der Waals surface area contributed by atoms with Gasteiger partial charge in [0.25, 0.3) is 5.91 Å². The van der Waals surface area contributed by atoms with Gasteiger partial charge in [-0.1, -0.05) is 31.2 Å². The van der Waals surface area contributed by atoms with E-state index in [0.717, 1.165) is 18.7 Å². The normalized spacial score (nSPS) is 19.8. The molecule has 1 aliphatic heterocycles. The highest BCUT2D eigenvalue weighted by Crippen LogP contribution is 2.21. The second-order valence-electron chi connectivity index (χ2n) is 8.44. The van der Waals surface area contributed by atoms with Crippen LogP contribution >= 0.6 is 0 Å². The van der Waals surface area contributed by atoms with Crippen LogP contribution in [0.1, 0.15) is 42.3 Å². The number of rotatable bonds is 8. The summed E-state index contributed by atoms with van der Waals surface area (Å²) >= 11 is 0. The predicted molar refractivity (Wildman–Crippen MR) is 125 cm³/mol. The van der Waals surface area contributed by atoms with Crippen molar-refractivity contribution in [2.24, 2.45) is 0 Å². The number of nitrogens with zero attached hydrogens (tertiary/aromatic N) is 2. The van der Waals surface area contributed by atoms with Crippen molar-refractivity contribution in [2.75, 3.05) is 26.7 Å². The molecule has 1 fully saturated rings. The number of ether oxygens (including phenoxy) is 1. The molecule has 0 unspecified atom stereocenters. The summed E-state index contributed by atoms with van der Waals surface area (Å²) in [6, 6.07) is 14.2. The maximum Gasteiger partial charge on any atom is 0.251 e. The summed E-state index contributed by atoms with van der Waals surface area (Å²) in [5.41, 5.74) is 2.65. The monoisotopic (exact) mass is 459 g/mol. The Kier molecular flexibility index (Phi) is 8.05. The van der Waals surface area contributed by atoms with Crippen LogP contribution in [0.15, 0.2) is 53.4 Å². The van der Waals surface area contributed by atoms with E-state index < -0.39 is 10.0 Å². The number of amides is 1. The number of benzene rings is 2. The number of morpholine rings is 1. The van der Waals surface area contributed by atoms with Crippen LogP contribution in [0.25, 0.3) is 0 Å². The van der Waals surface area contributed by atoms with Crippen LogP contribution in [-0.4, -0.2) is 62.4 Å². The molecule has 0 bridgehead atoms. The summed E-state index contributed by atoms with van der Waals surface area (Å²) in [6.07, 6.45) is -0.307. The highest BCUT2D eigenvalue weighted by Gasteiger charge is 2.32. The van der Waals surface area contributed by atoms with E-state index in [9.17, 15) is 13.2 Å². The smallest absolute Gasteiger partial charge is 0.251 e. The lowest BCUT2D eigenvalue weighted by Gasteiger charge is -2.34. The Morgan fingerprint density at radius 3 is 2.34 bits per heavy atom. The fourth-order valence-corrected chi connectivity index (χ4v) is 5.39. The van der Waals surface area contributed by atoms with E-state index >= 15 is 0 Å². The molecule has 0 aliphatic carbocycles. The first kappa shape index (κ1) is 24.4. The third-order valence-corrected chi connectivity index (χ3v) is 7.42. The van der Waals surface area contributed by atoms with Gasteiger partial charge in [-0.2, -0.15) is 4.31 Å². The molecule has 1 heterocycles. The van der Waals surface area contributed by atoms with E-state index in [-0.39, 0.29) is 23.0 Å². The Labute approximate surface area is 191 Å². The summed E-state index contributed by atoms with van der Waals surface area (Å²) in [7, 11) is -1.56. The molecule has 2 aromatic rings. The molecule has 2 atom stereocenters. The van der Waals surface area contributed by atoms with Crippen molar-refractivity contribution in [1.82, 2.24) is 14.5 Å². The zero-order valence-electron chi connectivity index (χ0n) is 19.2. The topological polar surface area (TPSA) is 79.0 Å². The molecule has 2 aromatic carbocycles. The van der Waals surface area contributed by atoms with Gasteiger partial charge in [0, 0.05) is 31.7 Å². The summed E-state index contributed by atoms with van der Waals surface area (Å²) in [4.78, 5) is 15.0. The van der Waals surface area contributed by atoms with Crippen molar-refractivity contribution < 1.29 is 17.9 Å². The van der Waals surface area contributed by atoms with E-state index in [1.165, 1.54) is 22.0 Å². The molecule has 3 rings (SSSR count). The first-order valence-electron chi connectivity index (χ1n) is 11.0. The molecular weight excluding hydrogens is 426 g/mol. The Balaban J connectivity index is 1.62. The molecule has 174 valence electrons. The van der Waals surface area contributed by atoms with Crippen LogP contribution in [0.4, 0.5) is 0 Å². The zero-order chi connectivity index (χ0) is 23.3. The fraction of sp³-hybridized carbons (Fsp3) is 0.458. The molecule has 8 heteroatoms. The van der Waals surface area contributed by atoms with Crippen LogP contribution in [0.3, 0.4) is 0 Å². The van der Waals surface area contributed by atoms with Gasteiger partial charge in [-0.25, -0.2) is 8.42 Å². The van der Waals surface area contributed by atoms with Crippen LogP contribution < -0.4 is 5.32 Å². The van der Waals surface area contributed by atoms with Gasteiger partial charge >= 0.3 is 0 Å². The van der Waals surface area contributed by atoms with E-state index in [1.807, 2.05) is 26.0 Å². The molecule has 1 aliphatic rings. The van der Waals surface area contributed by atoms with Gasteiger partial charge in [0.2, 0.25) is 10.0 Å². The quantitative estimate of drug-likeness (QED) is 0.657. The van der Waals surface area contributed by atoms with Gasteiger partial charge in [-0.05, 0) is 62.8 Å². The Hall–Kier alpha value is -2.26. The Morgan fingerprint density at radius 1 is 1.09 bits per heavy atom. The van der Waals surface area contributed by atoms with Crippen molar-refractivity contribution in [3.05, 3.63) is 65.2 Å². The second-order valence-corrected chi connectivity index (χ2v) is 10.4. The highest BCUT2D eigenvalue weighted by molar-refractivity contribution is 7.89. The van der Waals surface area contributed by atoms with E-state index in [1.54, 1.807) is 12.1 Å². The van der Waals surface area contributed by atoms with Crippen LogP contribution in [0, 0.1) is 0 Å². The van der Waals surface area contributed by atoms with Crippen LogP contribution in [-0.2, 0) is 27.8 Å². The van der Waals surface area contributed by atoms with Gasteiger partial charge < -0.3 is 15.0 Å². The fourth-order valence-electron chi connectivity index (χ4n) is 3.80. The minimum atomic E-state index is -3.62.